The number of anilines is 1. The Kier molecular flexibility index (Phi) is 4.71. The number of hydrogen-bond acceptors (Lipinski definition) is 4. The van der Waals surface area contributed by atoms with Crippen molar-refractivity contribution in [2.24, 2.45) is 0 Å². The Bertz CT molecular complexity index is 1040. The van der Waals surface area contributed by atoms with E-state index in [-0.39, 0.29) is 18.5 Å². The molecule has 2 aliphatic rings. The second-order valence-electron chi connectivity index (χ2n) is 7.30. The number of pyridine rings is 1. The minimum atomic E-state index is 0. The molecule has 0 N–H and O–H groups in total. The van der Waals surface area contributed by atoms with Crippen molar-refractivity contribution >= 4 is 34.9 Å². The molecule has 140 valence electrons. The van der Waals surface area contributed by atoms with Gasteiger partial charge in [-0.15, -0.1) is 12.4 Å². The summed E-state index contributed by atoms with van der Waals surface area (Å²) in [5, 5.41) is 10.0. The fourth-order valence-corrected chi connectivity index (χ4v) is 4.63. The highest BCUT2D eigenvalue weighted by Crippen LogP contribution is 2.40. The first-order valence-electron chi connectivity index (χ1n) is 9.50. The van der Waals surface area contributed by atoms with E-state index in [0.717, 1.165) is 54.8 Å². The standard InChI is InChI=1S/C21H22N4O.ClH/c1-14-19(18-9-6-12-26-18)15(13-22)20-23-16-7-2-3-8-17(16)25(20)21(14)24-10-4-5-11-24;/h2-3,7-8,18H,4-6,9-12H2,1H3;1H. The van der Waals surface area contributed by atoms with Crippen molar-refractivity contribution in [3.63, 3.8) is 0 Å². The summed E-state index contributed by atoms with van der Waals surface area (Å²) in [5.74, 6) is 1.19. The lowest BCUT2D eigenvalue weighted by Gasteiger charge is -2.26. The van der Waals surface area contributed by atoms with Crippen molar-refractivity contribution in [2.45, 2.75) is 38.7 Å². The molecule has 0 aliphatic carbocycles. The molecule has 2 fully saturated rings. The Morgan fingerprint density at radius 1 is 1.19 bits per heavy atom. The molecule has 0 bridgehead atoms. The van der Waals surface area contributed by atoms with Crippen molar-refractivity contribution in [3.8, 4) is 6.07 Å². The van der Waals surface area contributed by atoms with Crippen molar-refractivity contribution < 1.29 is 4.74 Å². The van der Waals surface area contributed by atoms with Crippen molar-refractivity contribution in [2.75, 3.05) is 24.6 Å². The third-order valence-corrected chi connectivity index (χ3v) is 5.77. The van der Waals surface area contributed by atoms with Gasteiger partial charge in [-0.05, 0) is 50.3 Å². The number of aromatic nitrogens is 2. The molecule has 3 aromatic rings. The molecular formula is C21H23ClN4O. The fraction of sp³-hybridized carbons (Fsp3) is 0.429. The number of para-hydroxylation sites is 2. The van der Waals surface area contributed by atoms with Gasteiger partial charge in [0, 0.05) is 25.3 Å². The summed E-state index contributed by atoms with van der Waals surface area (Å²) in [6.45, 7) is 5.04. The molecular weight excluding hydrogens is 360 g/mol. The number of halogens is 1. The Morgan fingerprint density at radius 3 is 2.67 bits per heavy atom. The van der Waals surface area contributed by atoms with Gasteiger partial charge in [-0.25, -0.2) is 4.98 Å². The first-order valence-corrected chi connectivity index (χ1v) is 9.50. The van der Waals surface area contributed by atoms with Gasteiger partial charge in [-0.3, -0.25) is 4.40 Å². The minimum Gasteiger partial charge on any atom is -0.373 e. The molecule has 0 saturated carbocycles. The summed E-state index contributed by atoms with van der Waals surface area (Å²) in [6, 6.07) is 10.6. The van der Waals surface area contributed by atoms with Crippen molar-refractivity contribution in [3.05, 3.63) is 41.0 Å². The van der Waals surface area contributed by atoms with Crippen LogP contribution in [0.5, 0.6) is 0 Å². The maximum atomic E-state index is 10.0. The molecule has 1 unspecified atom stereocenters. The Morgan fingerprint density at radius 2 is 1.96 bits per heavy atom. The van der Waals surface area contributed by atoms with Gasteiger partial charge in [0.05, 0.1) is 17.1 Å². The van der Waals surface area contributed by atoms with Crippen LogP contribution in [0.25, 0.3) is 16.7 Å². The smallest absolute Gasteiger partial charge is 0.157 e. The zero-order chi connectivity index (χ0) is 17.7. The van der Waals surface area contributed by atoms with Crippen LogP contribution in [0.1, 0.15) is 48.5 Å². The van der Waals surface area contributed by atoms with Gasteiger partial charge < -0.3 is 9.64 Å². The van der Waals surface area contributed by atoms with Crippen molar-refractivity contribution in [1.29, 1.82) is 5.26 Å². The number of nitriles is 1. The molecule has 5 rings (SSSR count). The normalized spacial score (nSPS) is 19.6. The predicted molar refractivity (Wildman–Crippen MR) is 109 cm³/mol. The van der Waals surface area contributed by atoms with Crippen LogP contribution in [0.4, 0.5) is 5.82 Å². The molecule has 2 saturated heterocycles. The van der Waals surface area contributed by atoms with Crippen molar-refractivity contribution in [1.82, 2.24) is 9.38 Å². The number of ether oxygens (including phenoxy) is 1. The number of rotatable bonds is 2. The van der Waals surface area contributed by atoms with Crippen LogP contribution in [-0.2, 0) is 4.74 Å². The third kappa shape index (κ3) is 2.67. The Hall–Kier alpha value is -2.29. The van der Waals surface area contributed by atoms with E-state index >= 15 is 0 Å². The van der Waals surface area contributed by atoms with E-state index in [1.54, 1.807) is 0 Å². The summed E-state index contributed by atoms with van der Waals surface area (Å²) in [7, 11) is 0. The summed E-state index contributed by atoms with van der Waals surface area (Å²) in [6.07, 6.45) is 4.46. The van der Waals surface area contributed by atoms with Crippen LogP contribution in [0, 0.1) is 18.3 Å². The van der Waals surface area contributed by atoms with E-state index in [1.165, 1.54) is 24.2 Å². The van der Waals surface area contributed by atoms with Crippen LogP contribution in [0.2, 0.25) is 0 Å². The summed E-state index contributed by atoms with van der Waals surface area (Å²) < 4.78 is 8.20. The minimum absolute atomic E-state index is 0. The van der Waals surface area contributed by atoms with E-state index in [0.29, 0.717) is 5.56 Å². The monoisotopic (exact) mass is 382 g/mol. The number of imidazole rings is 1. The number of hydrogen-bond donors (Lipinski definition) is 0. The molecule has 0 amide bonds. The molecule has 0 spiro atoms. The van der Waals surface area contributed by atoms with Crippen LogP contribution in [0.3, 0.4) is 0 Å². The van der Waals surface area contributed by atoms with Crippen LogP contribution in [0.15, 0.2) is 24.3 Å². The largest absolute Gasteiger partial charge is 0.373 e. The van der Waals surface area contributed by atoms with E-state index in [1.807, 2.05) is 18.2 Å². The quantitative estimate of drug-likeness (QED) is 0.652. The predicted octanol–water partition coefficient (Wildman–Crippen LogP) is 4.54. The molecule has 4 heterocycles. The summed E-state index contributed by atoms with van der Waals surface area (Å²) in [5.41, 5.74) is 5.68. The summed E-state index contributed by atoms with van der Waals surface area (Å²) >= 11 is 0. The molecule has 27 heavy (non-hydrogen) atoms. The first kappa shape index (κ1) is 18.1. The molecule has 1 atom stereocenters. The van der Waals surface area contributed by atoms with E-state index in [2.05, 4.69) is 28.4 Å². The molecule has 2 aliphatic heterocycles. The van der Waals surface area contributed by atoms with Gasteiger partial charge in [0.2, 0.25) is 0 Å². The molecule has 2 aromatic heterocycles. The van der Waals surface area contributed by atoms with Crippen LogP contribution < -0.4 is 4.90 Å². The lowest BCUT2D eigenvalue weighted by atomic mass is 9.96. The van der Waals surface area contributed by atoms with Gasteiger partial charge >= 0.3 is 0 Å². The van der Waals surface area contributed by atoms with Gasteiger partial charge in [-0.1, -0.05) is 12.1 Å². The van der Waals surface area contributed by atoms with Gasteiger partial charge in [0.25, 0.3) is 0 Å². The number of benzene rings is 1. The van der Waals surface area contributed by atoms with Crippen LogP contribution >= 0.6 is 12.4 Å². The lowest BCUT2D eigenvalue weighted by Crippen LogP contribution is -2.23. The third-order valence-electron chi connectivity index (χ3n) is 5.77. The molecule has 5 nitrogen and oxygen atoms in total. The van der Waals surface area contributed by atoms with E-state index in [4.69, 9.17) is 9.72 Å². The Labute approximate surface area is 165 Å². The molecule has 0 radical (unpaired) electrons. The highest BCUT2D eigenvalue weighted by Gasteiger charge is 2.30. The van der Waals surface area contributed by atoms with Gasteiger partial charge in [0.15, 0.2) is 5.65 Å². The molecule has 6 heteroatoms. The topological polar surface area (TPSA) is 53.6 Å². The SMILES string of the molecule is Cc1c(C2CCCO2)c(C#N)c2nc3ccccc3n2c1N1CCCC1.Cl. The van der Waals surface area contributed by atoms with Crippen LogP contribution in [-0.4, -0.2) is 29.1 Å². The zero-order valence-electron chi connectivity index (χ0n) is 15.4. The average Bonchev–Trinajstić information content (AvgIpc) is 3.41. The molecule has 1 aromatic carbocycles. The number of fused-ring (bicyclic) bond motifs is 3. The highest BCUT2D eigenvalue weighted by molar-refractivity contribution is 5.86. The zero-order valence-corrected chi connectivity index (χ0v) is 16.3. The van der Waals surface area contributed by atoms with Gasteiger partial charge in [-0.2, -0.15) is 5.26 Å². The maximum Gasteiger partial charge on any atom is 0.157 e. The second-order valence-corrected chi connectivity index (χ2v) is 7.30. The number of nitrogens with zero attached hydrogens (tertiary/aromatic N) is 4. The Balaban J connectivity index is 0.00000180. The van der Waals surface area contributed by atoms with E-state index in [9.17, 15) is 5.26 Å². The maximum absolute atomic E-state index is 10.0. The lowest BCUT2D eigenvalue weighted by molar-refractivity contribution is 0.111. The second kappa shape index (κ2) is 7.03. The van der Waals surface area contributed by atoms with E-state index < -0.39 is 0 Å². The summed E-state index contributed by atoms with van der Waals surface area (Å²) in [4.78, 5) is 7.30. The van der Waals surface area contributed by atoms with Gasteiger partial charge in [0.1, 0.15) is 17.5 Å². The highest BCUT2D eigenvalue weighted by atomic mass is 35.5. The fourth-order valence-electron chi connectivity index (χ4n) is 4.63. The first-order chi connectivity index (χ1) is 12.8. The average molecular weight is 383 g/mol.